The van der Waals surface area contributed by atoms with E-state index in [1.54, 1.807) is 19.1 Å². The maximum absolute atomic E-state index is 12.3. The van der Waals surface area contributed by atoms with Crippen molar-refractivity contribution in [1.82, 2.24) is 10.6 Å². The number of halogens is 1. The number of hydrogen-bond donors (Lipinski definition) is 2. The number of nitrogens with one attached hydrogen (secondary N) is 2. The quantitative estimate of drug-likeness (QED) is 0.507. The summed E-state index contributed by atoms with van der Waals surface area (Å²) in [6, 6.07) is 6.88. The molecule has 1 atom stereocenters. The van der Waals surface area contributed by atoms with Gasteiger partial charge in [0.05, 0.1) is 11.6 Å². The summed E-state index contributed by atoms with van der Waals surface area (Å²) in [5.74, 6) is -0.417. The minimum absolute atomic E-state index is 0.155. The minimum Gasteiger partial charge on any atom is -0.458 e. The fourth-order valence-electron chi connectivity index (χ4n) is 2.11. The summed E-state index contributed by atoms with van der Waals surface area (Å²) in [6.45, 7) is 5.48. The second-order valence-corrected chi connectivity index (χ2v) is 5.36. The van der Waals surface area contributed by atoms with E-state index in [0.717, 1.165) is 5.56 Å². The predicted molar refractivity (Wildman–Crippen MR) is 86.9 cm³/mol. The van der Waals surface area contributed by atoms with E-state index >= 15 is 0 Å². The van der Waals surface area contributed by atoms with Crippen LogP contribution in [-0.2, 0) is 9.53 Å². The van der Waals surface area contributed by atoms with Crippen molar-refractivity contribution in [3.8, 4) is 0 Å². The average molecular weight is 323 g/mol. The Labute approximate surface area is 133 Å². The van der Waals surface area contributed by atoms with Crippen LogP contribution in [0.1, 0.15) is 18.5 Å². The SMILES string of the molecule is C=CCOC(=O)C1=C(C)NC(=S)N[C@H]1c1cccc(Cl)c1. The first-order valence-electron chi connectivity index (χ1n) is 6.34. The van der Waals surface area contributed by atoms with Gasteiger partial charge in [0, 0.05) is 10.7 Å². The van der Waals surface area contributed by atoms with Crippen molar-refractivity contribution < 1.29 is 9.53 Å². The maximum Gasteiger partial charge on any atom is 0.338 e. The lowest BCUT2D eigenvalue weighted by Gasteiger charge is -2.29. The van der Waals surface area contributed by atoms with Gasteiger partial charge in [0.2, 0.25) is 0 Å². The molecule has 1 aliphatic heterocycles. The van der Waals surface area contributed by atoms with Crippen LogP contribution in [0.25, 0.3) is 0 Å². The number of rotatable bonds is 4. The summed E-state index contributed by atoms with van der Waals surface area (Å²) >= 11 is 11.2. The van der Waals surface area contributed by atoms with Crippen LogP contribution in [0.2, 0.25) is 5.02 Å². The lowest BCUT2D eigenvalue weighted by molar-refractivity contribution is -0.138. The minimum atomic E-state index is -0.417. The Bertz CT molecular complexity index is 628. The van der Waals surface area contributed by atoms with Crippen LogP contribution in [-0.4, -0.2) is 17.7 Å². The van der Waals surface area contributed by atoms with Crippen LogP contribution in [0.3, 0.4) is 0 Å². The summed E-state index contributed by atoms with van der Waals surface area (Å²) in [5.41, 5.74) is 1.99. The molecule has 0 aliphatic carbocycles. The first-order chi connectivity index (χ1) is 10.0. The van der Waals surface area contributed by atoms with E-state index in [0.29, 0.717) is 21.4 Å². The van der Waals surface area contributed by atoms with Crippen molar-refractivity contribution >= 4 is 34.9 Å². The third-order valence-corrected chi connectivity index (χ3v) is 3.46. The van der Waals surface area contributed by atoms with E-state index in [4.69, 9.17) is 28.6 Å². The van der Waals surface area contributed by atoms with Crippen molar-refractivity contribution in [2.24, 2.45) is 0 Å². The fraction of sp³-hybridized carbons (Fsp3) is 0.200. The summed E-state index contributed by atoms with van der Waals surface area (Å²) in [5, 5.41) is 7.07. The first-order valence-corrected chi connectivity index (χ1v) is 7.13. The lowest BCUT2D eigenvalue weighted by atomic mass is 9.96. The number of hydrogen-bond acceptors (Lipinski definition) is 3. The molecule has 1 heterocycles. The van der Waals surface area contributed by atoms with Crippen molar-refractivity contribution in [2.45, 2.75) is 13.0 Å². The van der Waals surface area contributed by atoms with Gasteiger partial charge in [-0.1, -0.05) is 36.4 Å². The van der Waals surface area contributed by atoms with Crippen LogP contribution in [0, 0.1) is 0 Å². The zero-order valence-electron chi connectivity index (χ0n) is 11.5. The van der Waals surface area contributed by atoms with E-state index in [-0.39, 0.29) is 6.61 Å². The topological polar surface area (TPSA) is 50.4 Å². The summed E-state index contributed by atoms with van der Waals surface area (Å²) in [4.78, 5) is 12.3. The molecule has 0 unspecified atom stereocenters. The van der Waals surface area contributed by atoms with Crippen LogP contribution in [0.15, 0.2) is 48.2 Å². The van der Waals surface area contributed by atoms with Crippen LogP contribution in [0.4, 0.5) is 0 Å². The van der Waals surface area contributed by atoms with Crippen LogP contribution in [0.5, 0.6) is 0 Å². The molecule has 1 aromatic carbocycles. The Kier molecular flexibility index (Phi) is 4.98. The smallest absolute Gasteiger partial charge is 0.338 e. The van der Waals surface area contributed by atoms with Gasteiger partial charge in [-0.2, -0.15) is 0 Å². The molecule has 0 fully saturated rings. The van der Waals surface area contributed by atoms with Crippen molar-refractivity contribution in [3.63, 3.8) is 0 Å². The molecule has 0 saturated carbocycles. The third-order valence-electron chi connectivity index (χ3n) is 3.00. The molecule has 0 radical (unpaired) electrons. The Hall–Kier alpha value is -1.85. The third kappa shape index (κ3) is 3.62. The van der Waals surface area contributed by atoms with Gasteiger partial charge >= 0.3 is 5.97 Å². The van der Waals surface area contributed by atoms with E-state index in [1.165, 1.54) is 6.08 Å². The molecule has 2 rings (SSSR count). The number of ether oxygens (including phenoxy) is 1. The van der Waals surface area contributed by atoms with E-state index in [2.05, 4.69) is 17.2 Å². The predicted octanol–water partition coefficient (Wildman–Crippen LogP) is 2.86. The normalized spacial score (nSPS) is 17.8. The van der Waals surface area contributed by atoms with Crippen molar-refractivity contribution in [2.75, 3.05) is 6.61 Å². The number of esters is 1. The Morgan fingerprint density at radius 2 is 2.33 bits per heavy atom. The Balaban J connectivity index is 2.40. The summed E-state index contributed by atoms with van der Waals surface area (Å²) in [7, 11) is 0. The molecule has 1 aliphatic rings. The lowest BCUT2D eigenvalue weighted by Crippen LogP contribution is -2.45. The molecule has 0 aromatic heterocycles. The Morgan fingerprint density at radius 3 is 3.00 bits per heavy atom. The number of allylic oxidation sites excluding steroid dienone is 1. The molecule has 0 amide bonds. The molecular formula is C15H15ClN2O2S. The van der Waals surface area contributed by atoms with Gasteiger partial charge in [-0.25, -0.2) is 4.79 Å². The number of thiocarbonyl (C=S) groups is 1. The molecule has 0 saturated heterocycles. The molecule has 110 valence electrons. The largest absolute Gasteiger partial charge is 0.458 e. The Morgan fingerprint density at radius 1 is 1.57 bits per heavy atom. The van der Waals surface area contributed by atoms with Gasteiger partial charge in [-0.3, -0.25) is 0 Å². The summed E-state index contributed by atoms with van der Waals surface area (Å²) in [6.07, 6.45) is 1.52. The highest BCUT2D eigenvalue weighted by Crippen LogP contribution is 2.29. The second kappa shape index (κ2) is 6.74. The highest BCUT2D eigenvalue weighted by Gasteiger charge is 2.30. The van der Waals surface area contributed by atoms with Crippen molar-refractivity contribution in [1.29, 1.82) is 0 Å². The van der Waals surface area contributed by atoms with Crippen LogP contribution < -0.4 is 10.6 Å². The zero-order valence-corrected chi connectivity index (χ0v) is 13.1. The number of benzene rings is 1. The molecule has 0 bridgehead atoms. The zero-order chi connectivity index (χ0) is 15.4. The number of carbonyl (C=O) groups excluding carboxylic acids is 1. The molecule has 6 heteroatoms. The molecule has 1 aromatic rings. The van der Waals surface area contributed by atoms with Gasteiger partial charge in [-0.15, -0.1) is 0 Å². The van der Waals surface area contributed by atoms with Gasteiger partial charge < -0.3 is 15.4 Å². The summed E-state index contributed by atoms with van der Waals surface area (Å²) < 4.78 is 5.15. The highest BCUT2D eigenvalue weighted by atomic mass is 35.5. The maximum atomic E-state index is 12.3. The molecule has 4 nitrogen and oxygen atoms in total. The molecule has 21 heavy (non-hydrogen) atoms. The van der Waals surface area contributed by atoms with E-state index in [1.807, 2.05) is 12.1 Å². The highest BCUT2D eigenvalue weighted by molar-refractivity contribution is 7.80. The average Bonchev–Trinajstić information content (AvgIpc) is 2.44. The molecule has 2 N–H and O–H groups in total. The monoisotopic (exact) mass is 322 g/mol. The van der Waals surface area contributed by atoms with Gasteiger partial charge in [-0.05, 0) is 36.8 Å². The second-order valence-electron chi connectivity index (χ2n) is 4.51. The van der Waals surface area contributed by atoms with Gasteiger partial charge in [0.1, 0.15) is 6.61 Å². The molecule has 0 spiro atoms. The van der Waals surface area contributed by atoms with Gasteiger partial charge in [0.15, 0.2) is 5.11 Å². The van der Waals surface area contributed by atoms with E-state index < -0.39 is 12.0 Å². The van der Waals surface area contributed by atoms with Crippen molar-refractivity contribution in [3.05, 3.63) is 58.8 Å². The van der Waals surface area contributed by atoms with Crippen LogP contribution >= 0.6 is 23.8 Å². The number of carbonyl (C=O) groups is 1. The fourth-order valence-corrected chi connectivity index (χ4v) is 2.58. The van der Waals surface area contributed by atoms with E-state index in [9.17, 15) is 4.79 Å². The first kappa shape index (κ1) is 15.5. The standard InChI is InChI=1S/C15H15ClN2O2S/c1-3-7-20-14(19)12-9(2)17-15(21)18-13(12)10-5-4-6-11(16)8-10/h3-6,8,13H,1,7H2,2H3,(H2,17,18,21)/t13-/m0/s1. The molecular weight excluding hydrogens is 308 g/mol. The van der Waals surface area contributed by atoms with Gasteiger partial charge in [0.25, 0.3) is 0 Å².